The number of hydrogen-bond acceptors (Lipinski definition) is 5. The zero-order chi connectivity index (χ0) is 19.4. The smallest absolute Gasteiger partial charge is 0.224 e. The maximum absolute atomic E-state index is 14.4. The molecule has 27 heavy (non-hydrogen) atoms. The molecule has 150 valence electrons. The predicted molar refractivity (Wildman–Crippen MR) is 102 cm³/mol. The number of nitrogens with one attached hydrogen (secondary N) is 2. The van der Waals surface area contributed by atoms with Crippen LogP contribution < -0.4 is 15.5 Å². The average Bonchev–Trinajstić information content (AvgIpc) is 2.66. The molecule has 0 saturated carbocycles. The molecule has 0 bridgehead atoms. The standard InChI is InChI=1S/C18H27FN4O3S/c1-27(25,26)23-8-2-3-15(13-23)18(24)21-12-14-4-5-17(16(19)11-14)22-9-6-20-7-10-22/h4-5,11,15,20H,2-3,6-10,12-13H2,1H3,(H,21,24)/t15-/m1/s1. The van der Waals surface area contributed by atoms with E-state index in [2.05, 4.69) is 10.6 Å². The van der Waals surface area contributed by atoms with E-state index in [0.29, 0.717) is 30.6 Å². The molecule has 0 aliphatic carbocycles. The van der Waals surface area contributed by atoms with Crippen LogP contribution in [0.15, 0.2) is 18.2 Å². The summed E-state index contributed by atoms with van der Waals surface area (Å²) < 4.78 is 39.2. The molecule has 3 rings (SSSR count). The topological polar surface area (TPSA) is 81.8 Å². The highest BCUT2D eigenvalue weighted by atomic mass is 32.2. The summed E-state index contributed by atoms with van der Waals surface area (Å²) >= 11 is 0. The molecule has 2 fully saturated rings. The fraction of sp³-hybridized carbons (Fsp3) is 0.611. The number of carbonyl (C=O) groups excluding carboxylic acids is 1. The van der Waals surface area contributed by atoms with Crippen LogP contribution in [0.3, 0.4) is 0 Å². The van der Waals surface area contributed by atoms with Gasteiger partial charge in [0.25, 0.3) is 0 Å². The van der Waals surface area contributed by atoms with Gasteiger partial charge in [0.05, 0.1) is 17.9 Å². The Morgan fingerprint density at radius 2 is 2.04 bits per heavy atom. The number of benzene rings is 1. The van der Waals surface area contributed by atoms with E-state index in [1.54, 1.807) is 6.07 Å². The van der Waals surface area contributed by atoms with Crippen LogP contribution in [-0.4, -0.2) is 64.2 Å². The minimum atomic E-state index is -3.29. The van der Waals surface area contributed by atoms with E-state index >= 15 is 0 Å². The van der Waals surface area contributed by atoms with Crippen molar-refractivity contribution in [1.29, 1.82) is 0 Å². The second kappa shape index (κ2) is 8.53. The molecule has 0 unspecified atom stereocenters. The molecule has 0 spiro atoms. The van der Waals surface area contributed by atoms with Crippen molar-refractivity contribution in [2.75, 3.05) is 50.4 Å². The lowest BCUT2D eigenvalue weighted by Crippen LogP contribution is -2.45. The molecule has 9 heteroatoms. The quantitative estimate of drug-likeness (QED) is 0.756. The van der Waals surface area contributed by atoms with Gasteiger partial charge in [-0.05, 0) is 30.5 Å². The number of sulfonamides is 1. The van der Waals surface area contributed by atoms with Gasteiger partial charge in [-0.25, -0.2) is 17.1 Å². The lowest BCUT2D eigenvalue weighted by molar-refractivity contribution is -0.126. The number of rotatable bonds is 5. The summed E-state index contributed by atoms with van der Waals surface area (Å²) in [6.07, 6.45) is 2.49. The van der Waals surface area contributed by atoms with Gasteiger partial charge in [0.2, 0.25) is 15.9 Å². The number of anilines is 1. The summed E-state index contributed by atoms with van der Waals surface area (Å²) in [6.45, 7) is 4.11. The van der Waals surface area contributed by atoms with Crippen LogP contribution in [0, 0.1) is 11.7 Å². The SMILES string of the molecule is CS(=O)(=O)N1CCC[C@@H](C(=O)NCc2ccc(N3CCNCC3)c(F)c2)C1. The maximum Gasteiger partial charge on any atom is 0.224 e. The Labute approximate surface area is 160 Å². The lowest BCUT2D eigenvalue weighted by atomic mass is 9.98. The highest BCUT2D eigenvalue weighted by molar-refractivity contribution is 7.88. The van der Waals surface area contributed by atoms with Crippen molar-refractivity contribution in [3.63, 3.8) is 0 Å². The van der Waals surface area contributed by atoms with Crippen LogP contribution in [0.25, 0.3) is 0 Å². The summed E-state index contributed by atoms with van der Waals surface area (Å²) in [5, 5.41) is 6.06. The second-order valence-corrected chi connectivity index (χ2v) is 9.18. The third-order valence-corrected chi connectivity index (χ3v) is 6.43. The zero-order valence-corrected chi connectivity index (χ0v) is 16.4. The first kappa shape index (κ1) is 20.0. The van der Waals surface area contributed by atoms with Crippen LogP contribution in [0.1, 0.15) is 18.4 Å². The van der Waals surface area contributed by atoms with Gasteiger partial charge in [-0.2, -0.15) is 0 Å². The Hall–Kier alpha value is -1.71. The highest BCUT2D eigenvalue weighted by Gasteiger charge is 2.30. The van der Waals surface area contributed by atoms with Gasteiger partial charge in [-0.1, -0.05) is 6.07 Å². The van der Waals surface area contributed by atoms with Crippen molar-refractivity contribution in [2.45, 2.75) is 19.4 Å². The number of hydrogen-bond donors (Lipinski definition) is 2. The average molecular weight is 399 g/mol. The number of halogens is 1. The van der Waals surface area contributed by atoms with E-state index in [1.165, 1.54) is 10.4 Å². The predicted octanol–water partition coefficient (Wildman–Crippen LogP) is 0.523. The minimum absolute atomic E-state index is 0.185. The first-order valence-electron chi connectivity index (χ1n) is 9.31. The normalized spacial score (nSPS) is 21.9. The molecule has 0 aromatic heterocycles. The molecule has 2 aliphatic rings. The van der Waals surface area contributed by atoms with E-state index in [9.17, 15) is 17.6 Å². The molecule has 2 heterocycles. The summed E-state index contributed by atoms with van der Waals surface area (Å²) in [4.78, 5) is 14.4. The molecule has 1 aromatic rings. The van der Waals surface area contributed by atoms with Gasteiger partial charge >= 0.3 is 0 Å². The highest BCUT2D eigenvalue weighted by Crippen LogP contribution is 2.22. The van der Waals surface area contributed by atoms with Crippen molar-refractivity contribution in [2.24, 2.45) is 5.92 Å². The van der Waals surface area contributed by atoms with Crippen molar-refractivity contribution < 1.29 is 17.6 Å². The van der Waals surface area contributed by atoms with Crippen molar-refractivity contribution in [3.05, 3.63) is 29.6 Å². The summed E-state index contributed by atoms with van der Waals surface area (Å²) in [5.74, 6) is -0.835. The molecular weight excluding hydrogens is 371 g/mol. The molecule has 1 amide bonds. The molecule has 1 aromatic carbocycles. The van der Waals surface area contributed by atoms with Gasteiger partial charge in [0.1, 0.15) is 5.82 Å². The Bertz CT molecular complexity index is 781. The Morgan fingerprint density at radius 3 is 2.70 bits per heavy atom. The van der Waals surface area contributed by atoms with E-state index < -0.39 is 10.0 Å². The van der Waals surface area contributed by atoms with Gasteiger partial charge < -0.3 is 15.5 Å². The maximum atomic E-state index is 14.4. The number of carbonyl (C=O) groups is 1. The fourth-order valence-electron chi connectivity index (χ4n) is 3.61. The van der Waals surface area contributed by atoms with E-state index in [-0.39, 0.29) is 30.7 Å². The Morgan fingerprint density at radius 1 is 1.30 bits per heavy atom. The Balaban J connectivity index is 1.56. The molecule has 1 atom stereocenters. The van der Waals surface area contributed by atoms with Crippen molar-refractivity contribution in [3.8, 4) is 0 Å². The van der Waals surface area contributed by atoms with E-state index in [1.807, 2.05) is 11.0 Å². The minimum Gasteiger partial charge on any atom is -0.367 e. The first-order chi connectivity index (χ1) is 12.8. The largest absolute Gasteiger partial charge is 0.367 e. The number of piperidine rings is 1. The number of amides is 1. The molecule has 2 aliphatic heterocycles. The number of nitrogens with zero attached hydrogens (tertiary/aromatic N) is 2. The fourth-order valence-corrected chi connectivity index (χ4v) is 4.53. The molecule has 7 nitrogen and oxygen atoms in total. The third-order valence-electron chi connectivity index (χ3n) is 5.16. The summed E-state index contributed by atoms with van der Waals surface area (Å²) in [7, 11) is -3.29. The summed E-state index contributed by atoms with van der Waals surface area (Å²) in [6, 6.07) is 5.04. The van der Waals surface area contributed by atoms with Crippen molar-refractivity contribution in [1.82, 2.24) is 14.9 Å². The lowest BCUT2D eigenvalue weighted by Gasteiger charge is -2.30. The zero-order valence-electron chi connectivity index (χ0n) is 15.6. The van der Waals surface area contributed by atoms with E-state index in [0.717, 1.165) is 32.4 Å². The van der Waals surface area contributed by atoms with Gasteiger partial charge in [-0.3, -0.25) is 4.79 Å². The first-order valence-corrected chi connectivity index (χ1v) is 11.2. The van der Waals surface area contributed by atoms with Crippen LogP contribution in [0.2, 0.25) is 0 Å². The molecule has 2 N–H and O–H groups in total. The number of piperazine rings is 1. The molecule has 0 radical (unpaired) electrons. The van der Waals surface area contributed by atoms with Crippen molar-refractivity contribution >= 4 is 21.6 Å². The van der Waals surface area contributed by atoms with Crippen LogP contribution in [0.4, 0.5) is 10.1 Å². The third kappa shape index (κ3) is 5.18. The van der Waals surface area contributed by atoms with Crippen LogP contribution in [-0.2, 0) is 21.4 Å². The molecular formula is C18H27FN4O3S. The van der Waals surface area contributed by atoms with Gasteiger partial charge in [0.15, 0.2) is 0 Å². The Kier molecular flexibility index (Phi) is 6.33. The second-order valence-electron chi connectivity index (χ2n) is 7.20. The van der Waals surface area contributed by atoms with Gasteiger partial charge in [-0.15, -0.1) is 0 Å². The van der Waals surface area contributed by atoms with E-state index in [4.69, 9.17) is 0 Å². The van der Waals surface area contributed by atoms with Crippen LogP contribution >= 0.6 is 0 Å². The van der Waals surface area contributed by atoms with Gasteiger partial charge in [0, 0.05) is 45.8 Å². The molecule has 2 saturated heterocycles. The summed E-state index contributed by atoms with van der Waals surface area (Å²) in [5.41, 5.74) is 1.28. The monoisotopic (exact) mass is 398 g/mol. The van der Waals surface area contributed by atoms with Crippen LogP contribution in [0.5, 0.6) is 0 Å².